The van der Waals surface area contributed by atoms with Gasteiger partial charge in [0.1, 0.15) is 5.82 Å². The number of esters is 1. The van der Waals surface area contributed by atoms with E-state index in [9.17, 15) is 9.18 Å². The molecule has 0 atom stereocenters. The third-order valence-corrected chi connectivity index (χ3v) is 2.39. The number of methoxy groups -OCH3 is 1. The minimum Gasteiger partial charge on any atom is -0.469 e. The number of hydrogen-bond acceptors (Lipinski definition) is 3. The van der Waals surface area contributed by atoms with Gasteiger partial charge in [-0.25, -0.2) is 4.39 Å². The highest BCUT2D eigenvalue weighted by atomic mass is 35.5. The molecule has 0 saturated carbocycles. The topological polar surface area (TPSA) is 50.1 Å². The monoisotopic (exact) mass is 241 g/mol. The van der Waals surface area contributed by atoms with Crippen LogP contribution in [0.25, 0.3) is 0 Å². The van der Waals surface area contributed by atoms with Gasteiger partial charge in [-0.15, -0.1) is 11.6 Å². The Hall–Kier alpha value is -1.60. The van der Waals surface area contributed by atoms with Crippen LogP contribution in [0, 0.1) is 17.1 Å². The lowest BCUT2D eigenvalue weighted by molar-refractivity contribution is -0.139. The van der Waals surface area contributed by atoms with Crippen LogP contribution in [0.4, 0.5) is 4.39 Å². The first-order valence-corrected chi connectivity index (χ1v) is 5.00. The number of ether oxygens (including phenoxy) is 1. The van der Waals surface area contributed by atoms with Crippen molar-refractivity contribution in [2.24, 2.45) is 0 Å². The first-order valence-electron chi connectivity index (χ1n) is 4.46. The van der Waals surface area contributed by atoms with E-state index >= 15 is 0 Å². The Morgan fingerprint density at radius 1 is 1.56 bits per heavy atom. The largest absolute Gasteiger partial charge is 0.469 e. The minimum absolute atomic E-state index is 0.0539. The molecule has 16 heavy (non-hydrogen) atoms. The maximum absolute atomic E-state index is 13.5. The second kappa shape index (κ2) is 5.47. The molecular weight excluding hydrogens is 233 g/mol. The molecule has 0 aliphatic rings. The van der Waals surface area contributed by atoms with Gasteiger partial charge in [-0.1, -0.05) is 0 Å². The molecule has 3 nitrogen and oxygen atoms in total. The predicted octanol–water partition coefficient (Wildman–Crippen LogP) is 2.15. The maximum Gasteiger partial charge on any atom is 0.310 e. The number of hydrogen-bond donors (Lipinski definition) is 0. The Kier molecular flexibility index (Phi) is 4.27. The number of alkyl halides is 1. The Balaban J connectivity index is 3.12. The van der Waals surface area contributed by atoms with E-state index < -0.39 is 11.8 Å². The molecule has 0 aliphatic carbocycles. The molecule has 0 radical (unpaired) electrons. The van der Waals surface area contributed by atoms with Crippen LogP contribution in [0.2, 0.25) is 0 Å². The van der Waals surface area contributed by atoms with E-state index in [2.05, 4.69) is 4.74 Å². The molecular formula is C11H9ClFNO2. The fourth-order valence-electron chi connectivity index (χ4n) is 1.24. The van der Waals surface area contributed by atoms with Crippen molar-refractivity contribution < 1.29 is 13.9 Å². The van der Waals surface area contributed by atoms with Crippen LogP contribution in [0.1, 0.15) is 16.7 Å². The van der Waals surface area contributed by atoms with Crippen molar-refractivity contribution in [1.29, 1.82) is 5.26 Å². The summed E-state index contributed by atoms with van der Waals surface area (Å²) in [5.41, 5.74) is 0.822. The van der Waals surface area contributed by atoms with Gasteiger partial charge in [0.05, 0.1) is 25.2 Å². The summed E-state index contributed by atoms with van der Waals surface area (Å²) in [5, 5.41) is 8.81. The summed E-state index contributed by atoms with van der Waals surface area (Å²) in [6.07, 6.45) is -0.195. The van der Waals surface area contributed by atoms with Crippen molar-refractivity contribution >= 4 is 17.6 Å². The number of rotatable bonds is 3. The molecule has 1 aromatic carbocycles. The van der Waals surface area contributed by atoms with Crippen LogP contribution in [0.15, 0.2) is 12.1 Å². The lowest BCUT2D eigenvalue weighted by Crippen LogP contribution is -2.07. The van der Waals surface area contributed by atoms with E-state index in [0.29, 0.717) is 5.56 Å². The second-order valence-corrected chi connectivity index (χ2v) is 3.37. The first-order chi connectivity index (χ1) is 7.62. The summed E-state index contributed by atoms with van der Waals surface area (Å²) in [5.74, 6) is -1.06. The van der Waals surface area contributed by atoms with Gasteiger partial charge >= 0.3 is 5.97 Å². The predicted molar refractivity (Wildman–Crippen MR) is 56.4 cm³/mol. The summed E-state index contributed by atoms with van der Waals surface area (Å²) >= 11 is 5.56. The zero-order valence-electron chi connectivity index (χ0n) is 8.59. The molecule has 0 aliphatic heterocycles. The quantitative estimate of drug-likeness (QED) is 0.602. The van der Waals surface area contributed by atoms with Gasteiger partial charge in [0.2, 0.25) is 0 Å². The van der Waals surface area contributed by atoms with Crippen LogP contribution < -0.4 is 0 Å². The molecule has 0 fully saturated rings. The SMILES string of the molecule is COC(=O)Cc1cc(C#N)c(CCl)cc1F. The molecule has 5 heteroatoms. The molecule has 84 valence electrons. The van der Waals surface area contributed by atoms with Gasteiger partial charge in [0, 0.05) is 11.4 Å². The average molecular weight is 242 g/mol. The Morgan fingerprint density at radius 3 is 2.75 bits per heavy atom. The van der Waals surface area contributed by atoms with E-state index in [-0.39, 0.29) is 23.4 Å². The van der Waals surface area contributed by atoms with Gasteiger partial charge in [-0.05, 0) is 17.7 Å². The highest BCUT2D eigenvalue weighted by molar-refractivity contribution is 6.17. The van der Waals surface area contributed by atoms with Crippen molar-refractivity contribution in [3.63, 3.8) is 0 Å². The van der Waals surface area contributed by atoms with Crippen molar-refractivity contribution in [2.75, 3.05) is 7.11 Å². The normalized spacial score (nSPS) is 9.62. The molecule has 0 unspecified atom stereocenters. The van der Waals surface area contributed by atoms with E-state index in [0.717, 1.165) is 0 Å². The Morgan fingerprint density at radius 2 is 2.25 bits per heavy atom. The van der Waals surface area contributed by atoms with Crippen molar-refractivity contribution in [3.05, 3.63) is 34.6 Å². The number of halogens is 2. The van der Waals surface area contributed by atoms with Crippen LogP contribution in [-0.2, 0) is 21.8 Å². The summed E-state index contributed by atoms with van der Waals surface area (Å²) in [6, 6.07) is 4.40. The maximum atomic E-state index is 13.5. The summed E-state index contributed by atoms with van der Waals surface area (Å²) in [7, 11) is 1.22. The fraction of sp³-hybridized carbons (Fsp3) is 0.273. The molecule has 0 amide bonds. The molecule has 0 saturated heterocycles. The zero-order chi connectivity index (χ0) is 12.1. The molecule has 0 aromatic heterocycles. The number of carbonyl (C=O) groups excluding carboxylic acids is 1. The van der Waals surface area contributed by atoms with Crippen LogP contribution >= 0.6 is 11.6 Å². The van der Waals surface area contributed by atoms with Crippen molar-refractivity contribution in [3.8, 4) is 6.07 Å². The van der Waals surface area contributed by atoms with E-state index in [4.69, 9.17) is 16.9 Å². The molecule has 1 aromatic rings. The summed E-state index contributed by atoms with van der Waals surface area (Å²) in [4.78, 5) is 11.0. The van der Waals surface area contributed by atoms with E-state index in [1.165, 1.54) is 19.2 Å². The number of nitriles is 1. The molecule has 0 heterocycles. The highest BCUT2D eigenvalue weighted by Crippen LogP contribution is 2.18. The van der Waals surface area contributed by atoms with Crippen LogP contribution in [0.3, 0.4) is 0 Å². The molecule has 0 spiro atoms. The third kappa shape index (κ3) is 2.71. The first kappa shape index (κ1) is 12.5. The van der Waals surface area contributed by atoms with Gasteiger partial charge in [-0.2, -0.15) is 5.26 Å². The molecule has 0 bridgehead atoms. The summed E-state index contributed by atoms with van der Waals surface area (Å²) < 4.78 is 17.9. The number of nitrogens with zero attached hydrogens (tertiary/aromatic N) is 1. The Bertz CT molecular complexity index is 454. The fourth-order valence-corrected chi connectivity index (χ4v) is 1.46. The lowest BCUT2D eigenvalue weighted by Gasteiger charge is -2.05. The highest BCUT2D eigenvalue weighted by Gasteiger charge is 2.12. The second-order valence-electron chi connectivity index (χ2n) is 3.10. The smallest absolute Gasteiger partial charge is 0.310 e. The van der Waals surface area contributed by atoms with E-state index in [1.807, 2.05) is 6.07 Å². The lowest BCUT2D eigenvalue weighted by atomic mass is 10.0. The average Bonchev–Trinajstić information content (AvgIpc) is 2.30. The van der Waals surface area contributed by atoms with E-state index in [1.54, 1.807) is 0 Å². The Labute approximate surface area is 97.4 Å². The zero-order valence-corrected chi connectivity index (χ0v) is 9.34. The standard InChI is InChI=1S/C11H9ClFNO2/c1-16-11(15)4-7-2-9(6-14)8(5-12)3-10(7)13/h2-3H,4-5H2,1H3. The summed E-state index contributed by atoms with van der Waals surface area (Å²) in [6.45, 7) is 0. The van der Waals surface area contributed by atoms with Gasteiger partial charge in [0.25, 0.3) is 0 Å². The minimum atomic E-state index is -0.556. The molecule has 0 N–H and O–H groups in total. The number of benzene rings is 1. The van der Waals surface area contributed by atoms with Crippen LogP contribution in [-0.4, -0.2) is 13.1 Å². The molecule has 1 rings (SSSR count). The van der Waals surface area contributed by atoms with Crippen molar-refractivity contribution in [1.82, 2.24) is 0 Å². The van der Waals surface area contributed by atoms with Gasteiger partial charge in [0.15, 0.2) is 0 Å². The van der Waals surface area contributed by atoms with Gasteiger partial charge < -0.3 is 4.74 Å². The van der Waals surface area contributed by atoms with Crippen molar-refractivity contribution in [2.45, 2.75) is 12.3 Å². The van der Waals surface area contributed by atoms with Gasteiger partial charge in [-0.3, -0.25) is 4.79 Å². The third-order valence-electron chi connectivity index (χ3n) is 2.10. The van der Waals surface area contributed by atoms with Crippen LogP contribution in [0.5, 0.6) is 0 Å². The number of carbonyl (C=O) groups is 1.